The Bertz CT molecular complexity index is 283. The Hall–Kier alpha value is -1.78. The van der Waals surface area contributed by atoms with E-state index in [1.54, 1.807) is 0 Å². The Morgan fingerprint density at radius 1 is 1.27 bits per heavy atom. The van der Waals surface area contributed by atoms with Crippen molar-refractivity contribution in [2.45, 2.75) is 0 Å². The van der Waals surface area contributed by atoms with E-state index in [9.17, 15) is 9.59 Å². The van der Waals surface area contributed by atoms with E-state index in [1.165, 1.54) is 18.5 Å². The van der Waals surface area contributed by atoms with Crippen LogP contribution in [-0.2, 0) is 4.79 Å². The number of ketones is 1. The van der Waals surface area contributed by atoms with Crippen molar-refractivity contribution in [2.75, 3.05) is 0 Å². The summed E-state index contributed by atoms with van der Waals surface area (Å²) in [5.41, 5.74) is 4.70. The lowest BCUT2D eigenvalue weighted by Gasteiger charge is -1.90. The van der Waals surface area contributed by atoms with Crippen molar-refractivity contribution in [1.82, 2.24) is 9.97 Å². The van der Waals surface area contributed by atoms with Crippen LogP contribution in [0.4, 0.5) is 0 Å². The summed E-state index contributed by atoms with van der Waals surface area (Å²) < 4.78 is 0. The molecule has 0 bridgehead atoms. The van der Waals surface area contributed by atoms with Gasteiger partial charge in [0, 0.05) is 12.4 Å². The van der Waals surface area contributed by atoms with E-state index in [0.29, 0.717) is 0 Å². The minimum absolute atomic E-state index is 0.167. The molecule has 0 aliphatic carbocycles. The van der Waals surface area contributed by atoms with Gasteiger partial charge in [-0.05, 0) is 6.07 Å². The predicted octanol–water partition coefficient (Wildman–Crippen LogP) is -0.855. The van der Waals surface area contributed by atoms with Gasteiger partial charge in [0.05, 0.1) is 0 Å². The molecule has 5 heteroatoms. The molecule has 1 amide bonds. The number of hydrogen-bond acceptors (Lipinski definition) is 4. The average Bonchev–Trinajstić information content (AvgIpc) is 2.05. The topological polar surface area (TPSA) is 85.9 Å². The SMILES string of the molecule is NC(=O)C(=O)c1ncccn1. The molecule has 0 aromatic carbocycles. The van der Waals surface area contributed by atoms with E-state index in [1.807, 2.05) is 0 Å². The summed E-state index contributed by atoms with van der Waals surface area (Å²) in [6, 6.07) is 1.54. The maximum absolute atomic E-state index is 10.7. The van der Waals surface area contributed by atoms with Crippen molar-refractivity contribution in [1.29, 1.82) is 0 Å². The van der Waals surface area contributed by atoms with Crippen LogP contribution in [0.15, 0.2) is 18.5 Å². The van der Waals surface area contributed by atoms with E-state index in [4.69, 9.17) is 5.73 Å². The summed E-state index contributed by atoms with van der Waals surface area (Å²) in [5, 5.41) is 0. The lowest BCUT2D eigenvalue weighted by atomic mass is 10.3. The van der Waals surface area contributed by atoms with Gasteiger partial charge in [-0.1, -0.05) is 0 Å². The van der Waals surface area contributed by atoms with Crippen LogP contribution >= 0.6 is 0 Å². The zero-order valence-corrected chi connectivity index (χ0v) is 5.52. The highest BCUT2D eigenvalue weighted by atomic mass is 16.2. The fourth-order valence-corrected chi connectivity index (χ4v) is 0.527. The van der Waals surface area contributed by atoms with Gasteiger partial charge in [-0.2, -0.15) is 0 Å². The van der Waals surface area contributed by atoms with E-state index in [2.05, 4.69) is 9.97 Å². The minimum Gasteiger partial charge on any atom is -0.363 e. The smallest absolute Gasteiger partial charge is 0.293 e. The van der Waals surface area contributed by atoms with Crippen molar-refractivity contribution >= 4 is 11.7 Å². The number of primary amides is 1. The van der Waals surface area contributed by atoms with Crippen LogP contribution < -0.4 is 5.73 Å². The van der Waals surface area contributed by atoms with Crippen molar-refractivity contribution in [3.05, 3.63) is 24.3 Å². The second kappa shape index (κ2) is 2.87. The molecule has 5 nitrogen and oxygen atoms in total. The fourth-order valence-electron chi connectivity index (χ4n) is 0.527. The second-order valence-electron chi connectivity index (χ2n) is 1.77. The molecule has 1 rings (SSSR count). The highest BCUT2D eigenvalue weighted by Gasteiger charge is 2.13. The first-order chi connectivity index (χ1) is 5.22. The van der Waals surface area contributed by atoms with Crippen molar-refractivity contribution in [3.63, 3.8) is 0 Å². The van der Waals surface area contributed by atoms with Gasteiger partial charge in [-0.3, -0.25) is 9.59 Å². The van der Waals surface area contributed by atoms with Crippen LogP contribution in [0.1, 0.15) is 10.6 Å². The summed E-state index contributed by atoms with van der Waals surface area (Å²) in [6.07, 6.45) is 2.73. The minimum atomic E-state index is -1.05. The van der Waals surface area contributed by atoms with E-state index >= 15 is 0 Å². The molecule has 56 valence electrons. The van der Waals surface area contributed by atoms with Crippen LogP contribution in [-0.4, -0.2) is 21.7 Å². The third kappa shape index (κ3) is 1.57. The summed E-state index contributed by atoms with van der Waals surface area (Å²) in [5.74, 6) is -2.08. The molecule has 0 spiro atoms. The fraction of sp³-hybridized carbons (Fsp3) is 0. The summed E-state index contributed by atoms with van der Waals surface area (Å²) in [4.78, 5) is 28.1. The predicted molar refractivity (Wildman–Crippen MR) is 35.6 cm³/mol. The molecule has 1 heterocycles. The number of carbonyl (C=O) groups is 2. The first-order valence-electron chi connectivity index (χ1n) is 2.83. The van der Waals surface area contributed by atoms with Crippen LogP contribution in [0.3, 0.4) is 0 Å². The van der Waals surface area contributed by atoms with Crippen molar-refractivity contribution < 1.29 is 9.59 Å². The van der Waals surface area contributed by atoms with Gasteiger partial charge in [-0.15, -0.1) is 0 Å². The average molecular weight is 151 g/mol. The molecular formula is C6H5N3O2. The van der Waals surface area contributed by atoms with Gasteiger partial charge in [-0.25, -0.2) is 9.97 Å². The number of hydrogen-bond donors (Lipinski definition) is 1. The molecule has 0 aliphatic rings. The quantitative estimate of drug-likeness (QED) is 0.440. The van der Waals surface area contributed by atoms with Gasteiger partial charge in [0.1, 0.15) is 0 Å². The normalized spacial score (nSPS) is 9.09. The maximum Gasteiger partial charge on any atom is 0.293 e. The number of aromatic nitrogens is 2. The third-order valence-electron chi connectivity index (χ3n) is 0.993. The molecule has 11 heavy (non-hydrogen) atoms. The Kier molecular flexibility index (Phi) is 1.91. The van der Waals surface area contributed by atoms with E-state index in [-0.39, 0.29) is 5.82 Å². The second-order valence-corrected chi connectivity index (χ2v) is 1.77. The molecule has 1 aromatic heterocycles. The van der Waals surface area contributed by atoms with Crippen LogP contribution in [0.5, 0.6) is 0 Å². The zero-order chi connectivity index (χ0) is 8.27. The summed E-state index contributed by atoms with van der Waals surface area (Å²) in [7, 11) is 0. The Morgan fingerprint density at radius 3 is 2.27 bits per heavy atom. The number of nitrogens with zero attached hydrogens (tertiary/aromatic N) is 2. The number of nitrogens with two attached hydrogens (primary N) is 1. The molecule has 2 N–H and O–H groups in total. The molecular weight excluding hydrogens is 146 g/mol. The molecule has 0 aliphatic heterocycles. The summed E-state index contributed by atoms with van der Waals surface area (Å²) in [6.45, 7) is 0. The Balaban J connectivity index is 2.95. The van der Waals surface area contributed by atoms with Crippen molar-refractivity contribution in [2.24, 2.45) is 5.73 Å². The zero-order valence-electron chi connectivity index (χ0n) is 5.52. The number of Topliss-reactive ketones (excluding diaryl/α,β-unsaturated/α-hetero) is 1. The highest BCUT2D eigenvalue weighted by molar-refractivity contribution is 6.41. The van der Waals surface area contributed by atoms with Gasteiger partial charge in [0.15, 0.2) is 0 Å². The van der Waals surface area contributed by atoms with Gasteiger partial charge >= 0.3 is 0 Å². The number of amides is 1. The van der Waals surface area contributed by atoms with E-state index in [0.717, 1.165) is 0 Å². The Labute approximate surface area is 62.3 Å². The molecule has 0 saturated carbocycles. The van der Waals surface area contributed by atoms with Gasteiger partial charge < -0.3 is 5.73 Å². The molecule has 1 aromatic rings. The first kappa shape index (κ1) is 7.33. The van der Waals surface area contributed by atoms with Gasteiger partial charge in [0.25, 0.3) is 11.7 Å². The van der Waals surface area contributed by atoms with Crippen molar-refractivity contribution in [3.8, 4) is 0 Å². The van der Waals surface area contributed by atoms with Gasteiger partial charge in [0.2, 0.25) is 5.82 Å². The molecule has 0 unspecified atom stereocenters. The maximum atomic E-state index is 10.7. The first-order valence-corrected chi connectivity index (χ1v) is 2.83. The highest BCUT2D eigenvalue weighted by Crippen LogP contribution is 1.87. The molecule has 0 radical (unpaired) electrons. The molecule has 0 saturated heterocycles. The van der Waals surface area contributed by atoms with E-state index < -0.39 is 11.7 Å². The van der Waals surface area contributed by atoms with Crippen LogP contribution in [0.2, 0.25) is 0 Å². The van der Waals surface area contributed by atoms with Crippen LogP contribution in [0, 0.1) is 0 Å². The lowest BCUT2D eigenvalue weighted by Crippen LogP contribution is -2.24. The summed E-state index contributed by atoms with van der Waals surface area (Å²) >= 11 is 0. The largest absolute Gasteiger partial charge is 0.363 e. The number of rotatable bonds is 2. The Morgan fingerprint density at radius 2 is 1.82 bits per heavy atom. The molecule has 0 fully saturated rings. The third-order valence-corrected chi connectivity index (χ3v) is 0.993. The van der Waals surface area contributed by atoms with Crippen LogP contribution in [0.25, 0.3) is 0 Å². The standard InChI is InChI=1S/C6H5N3O2/c7-5(11)4(10)6-8-2-1-3-9-6/h1-3H,(H2,7,11). The molecule has 0 atom stereocenters. The monoisotopic (exact) mass is 151 g/mol. The number of carbonyl (C=O) groups excluding carboxylic acids is 2. The lowest BCUT2D eigenvalue weighted by molar-refractivity contribution is -0.114.